The maximum Gasteiger partial charge on any atom is 0.337 e. The molecule has 1 aromatic heterocycles. The summed E-state index contributed by atoms with van der Waals surface area (Å²) in [4.78, 5) is 15.7. The molecular formula is C15H16N2O3. The molecule has 0 aliphatic carbocycles. The number of pyridine rings is 1. The Morgan fingerprint density at radius 1 is 1.30 bits per heavy atom. The summed E-state index contributed by atoms with van der Waals surface area (Å²) < 4.78 is 10.3. The molecule has 1 aromatic carbocycles. The first-order valence-electron chi connectivity index (χ1n) is 6.16. The number of esters is 1. The normalized spacial score (nSPS) is 10.2. The highest BCUT2D eigenvalue weighted by Crippen LogP contribution is 2.22. The molecule has 0 fully saturated rings. The molecule has 0 aliphatic heterocycles. The lowest BCUT2D eigenvalue weighted by atomic mass is 10.2. The highest BCUT2D eigenvalue weighted by molar-refractivity contribution is 5.89. The van der Waals surface area contributed by atoms with Crippen LogP contribution in [-0.2, 0) is 11.3 Å². The fourth-order valence-corrected chi connectivity index (χ4v) is 1.80. The van der Waals surface area contributed by atoms with E-state index < -0.39 is 5.97 Å². The number of rotatable bonds is 4. The predicted octanol–water partition coefficient (Wildman–Crippen LogP) is 2.43. The first-order valence-corrected chi connectivity index (χ1v) is 6.16. The number of hydrogen-bond acceptors (Lipinski definition) is 5. The second-order valence-corrected chi connectivity index (χ2v) is 4.28. The average molecular weight is 272 g/mol. The third-order valence-corrected chi connectivity index (χ3v) is 2.70. The molecule has 0 unspecified atom stereocenters. The molecule has 2 N–H and O–H groups in total. The van der Waals surface area contributed by atoms with Gasteiger partial charge in [0.2, 0.25) is 5.88 Å². The quantitative estimate of drug-likeness (QED) is 0.865. The Morgan fingerprint density at radius 3 is 2.80 bits per heavy atom. The molecule has 5 nitrogen and oxygen atoms in total. The summed E-state index contributed by atoms with van der Waals surface area (Å²) in [6.45, 7) is 2.29. The topological polar surface area (TPSA) is 74.4 Å². The zero-order valence-electron chi connectivity index (χ0n) is 11.4. The smallest absolute Gasteiger partial charge is 0.337 e. The van der Waals surface area contributed by atoms with Crippen molar-refractivity contribution < 1.29 is 14.3 Å². The first-order chi connectivity index (χ1) is 9.62. The van der Waals surface area contributed by atoms with Crippen molar-refractivity contribution in [3.8, 4) is 11.6 Å². The van der Waals surface area contributed by atoms with E-state index in [4.69, 9.17) is 10.5 Å². The van der Waals surface area contributed by atoms with E-state index in [1.807, 2.05) is 13.0 Å². The van der Waals surface area contributed by atoms with E-state index in [0.717, 1.165) is 11.3 Å². The monoisotopic (exact) mass is 272 g/mol. The van der Waals surface area contributed by atoms with Crippen LogP contribution in [0.2, 0.25) is 0 Å². The molecule has 0 atom stereocenters. The first kappa shape index (κ1) is 14.0. The lowest BCUT2D eigenvalue weighted by Gasteiger charge is -2.08. The summed E-state index contributed by atoms with van der Waals surface area (Å²) in [5, 5.41) is 0. The van der Waals surface area contributed by atoms with Crippen molar-refractivity contribution in [2.45, 2.75) is 13.5 Å². The maximum atomic E-state index is 11.5. The van der Waals surface area contributed by atoms with Crippen LogP contribution in [0.1, 0.15) is 21.6 Å². The van der Waals surface area contributed by atoms with Crippen molar-refractivity contribution in [1.82, 2.24) is 4.98 Å². The Balaban J connectivity index is 2.26. The molecule has 0 amide bonds. The van der Waals surface area contributed by atoms with Gasteiger partial charge in [0.25, 0.3) is 0 Å². The Kier molecular flexibility index (Phi) is 4.32. The van der Waals surface area contributed by atoms with Crippen LogP contribution in [0.4, 0.5) is 0 Å². The molecule has 5 heteroatoms. The van der Waals surface area contributed by atoms with Crippen molar-refractivity contribution in [3.05, 3.63) is 53.2 Å². The molecule has 0 radical (unpaired) electrons. The molecule has 0 spiro atoms. The Morgan fingerprint density at radius 2 is 2.10 bits per heavy atom. The number of benzene rings is 1. The van der Waals surface area contributed by atoms with Gasteiger partial charge in [-0.3, -0.25) is 0 Å². The third kappa shape index (κ3) is 3.33. The van der Waals surface area contributed by atoms with E-state index >= 15 is 0 Å². The number of hydrogen-bond donors (Lipinski definition) is 1. The second kappa shape index (κ2) is 6.16. The largest absolute Gasteiger partial charge is 0.465 e. The summed E-state index contributed by atoms with van der Waals surface area (Å²) in [6.07, 6.45) is 0. The minimum absolute atomic E-state index is 0.407. The number of aromatic nitrogens is 1. The molecule has 0 saturated carbocycles. The van der Waals surface area contributed by atoms with Gasteiger partial charge in [-0.2, -0.15) is 0 Å². The number of nitrogens with zero attached hydrogens (tertiary/aromatic N) is 1. The summed E-state index contributed by atoms with van der Waals surface area (Å²) in [6, 6.07) is 10.4. The van der Waals surface area contributed by atoms with Crippen LogP contribution in [0, 0.1) is 6.92 Å². The predicted molar refractivity (Wildman–Crippen MR) is 74.7 cm³/mol. The van der Waals surface area contributed by atoms with Crippen molar-refractivity contribution in [1.29, 1.82) is 0 Å². The zero-order valence-corrected chi connectivity index (χ0v) is 11.4. The molecule has 2 aromatic rings. The average Bonchev–Trinajstić information content (AvgIpc) is 2.46. The lowest BCUT2D eigenvalue weighted by Crippen LogP contribution is -2.02. The van der Waals surface area contributed by atoms with Crippen LogP contribution in [0.25, 0.3) is 0 Å². The third-order valence-electron chi connectivity index (χ3n) is 2.70. The Labute approximate surface area is 117 Å². The maximum absolute atomic E-state index is 11.5. The number of carbonyl (C=O) groups excluding carboxylic acids is 1. The van der Waals surface area contributed by atoms with Gasteiger partial charge in [0, 0.05) is 18.3 Å². The number of ether oxygens (including phenoxy) is 2. The standard InChI is InChI=1S/C15H16N2O3/c1-10-6-11(9-16)7-14(17-10)20-13-5-3-4-12(8-13)15(18)19-2/h3-8H,9,16H2,1-2H3. The fraction of sp³-hybridized carbons (Fsp3) is 0.200. The lowest BCUT2D eigenvalue weighted by molar-refractivity contribution is 0.0600. The fourth-order valence-electron chi connectivity index (χ4n) is 1.80. The van der Waals surface area contributed by atoms with E-state index in [2.05, 4.69) is 9.72 Å². The van der Waals surface area contributed by atoms with Crippen LogP contribution < -0.4 is 10.5 Å². The van der Waals surface area contributed by atoms with Crippen LogP contribution >= 0.6 is 0 Å². The van der Waals surface area contributed by atoms with E-state index in [9.17, 15) is 4.79 Å². The summed E-state index contributed by atoms with van der Waals surface area (Å²) in [5.41, 5.74) is 7.81. The summed E-state index contributed by atoms with van der Waals surface area (Å²) in [5.74, 6) is 0.566. The van der Waals surface area contributed by atoms with Gasteiger partial charge in [0.1, 0.15) is 5.75 Å². The minimum atomic E-state index is -0.407. The minimum Gasteiger partial charge on any atom is -0.465 e. The summed E-state index contributed by atoms with van der Waals surface area (Å²) in [7, 11) is 1.34. The van der Waals surface area contributed by atoms with Crippen LogP contribution in [0.3, 0.4) is 0 Å². The SMILES string of the molecule is COC(=O)c1cccc(Oc2cc(CN)cc(C)n2)c1. The van der Waals surface area contributed by atoms with Crippen molar-refractivity contribution in [2.24, 2.45) is 5.73 Å². The van der Waals surface area contributed by atoms with Crippen molar-refractivity contribution >= 4 is 5.97 Å². The van der Waals surface area contributed by atoms with E-state index in [1.54, 1.807) is 30.3 Å². The molecule has 1 heterocycles. The zero-order chi connectivity index (χ0) is 14.5. The molecule has 104 valence electrons. The van der Waals surface area contributed by atoms with Gasteiger partial charge in [0.15, 0.2) is 0 Å². The number of methoxy groups -OCH3 is 1. The van der Waals surface area contributed by atoms with Crippen molar-refractivity contribution in [3.63, 3.8) is 0 Å². The highest BCUT2D eigenvalue weighted by atomic mass is 16.5. The van der Waals surface area contributed by atoms with Crippen LogP contribution in [-0.4, -0.2) is 18.1 Å². The van der Waals surface area contributed by atoms with Gasteiger partial charge in [0.05, 0.1) is 12.7 Å². The molecule has 0 saturated heterocycles. The molecule has 0 aliphatic rings. The van der Waals surface area contributed by atoms with E-state index in [1.165, 1.54) is 7.11 Å². The molecule has 2 rings (SSSR count). The Hall–Kier alpha value is -2.40. The van der Waals surface area contributed by atoms with Gasteiger partial charge in [-0.25, -0.2) is 9.78 Å². The van der Waals surface area contributed by atoms with Crippen LogP contribution in [0.5, 0.6) is 11.6 Å². The highest BCUT2D eigenvalue weighted by Gasteiger charge is 2.08. The van der Waals surface area contributed by atoms with Gasteiger partial charge in [-0.1, -0.05) is 6.07 Å². The van der Waals surface area contributed by atoms with Gasteiger partial charge in [-0.15, -0.1) is 0 Å². The van der Waals surface area contributed by atoms with E-state index in [0.29, 0.717) is 23.7 Å². The van der Waals surface area contributed by atoms with E-state index in [-0.39, 0.29) is 0 Å². The molecule has 20 heavy (non-hydrogen) atoms. The number of aryl methyl sites for hydroxylation is 1. The molecule has 0 bridgehead atoms. The second-order valence-electron chi connectivity index (χ2n) is 4.28. The number of nitrogens with two attached hydrogens (primary N) is 1. The summed E-state index contributed by atoms with van der Waals surface area (Å²) >= 11 is 0. The Bertz CT molecular complexity index is 626. The number of carbonyl (C=O) groups is 1. The van der Waals surface area contributed by atoms with Gasteiger partial charge >= 0.3 is 5.97 Å². The molecular weight excluding hydrogens is 256 g/mol. The van der Waals surface area contributed by atoms with Crippen molar-refractivity contribution in [2.75, 3.05) is 7.11 Å². The van der Waals surface area contributed by atoms with Gasteiger partial charge in [-0.05, 0) is 36.8 Å². The van der Waals surface area contributed by atoms with Gasteiger partial charge < -0.3 is 15.2 Å². The van der Waals surface area contributed by atoms with Crippen LogP contribution in [0.15, 0.2) is 36.4 Å².